The molecule has 2 amide bonds. The van der Waals surface area contributed by atoms with Gasteiger partial charge in [0.15, 0.2) is 0 Å². The fourth-order valence-corrected chi connectivity index (χ4v) is 0.942. The lowest BCUT2D eigenvalue weighted by atomic mass is 10.2. The fourth-order valence-electron chi connectivity index (χ4n) is 0.942. The Labute approximate surface area is 102 Å². The van der Waals surface area contributed by atoms with Crippen molar-refractivity contribution in [3.8, 4) is 0 Å². The molecule has 0 radical (unpaired) electrons. The molecule has 0 bridgehead atoms. The van der Waals surface area contributed by atoms with Crippen molar-refractivity contribution in [1.29, 1.82) is 0 Å². The maximum Gasteiger partial charge on any atom is 0.408 e. The molecule has 0 aromatic heterocycles. The third-order valence-electron chi connectivity index (χ3n) is 1.76. The quantitative estimate of drug-likeness (QED) is 0.593. The first-order valence-corrected chi connectivity index (χ1v) is 5.15. The van der Waals surface area contributed by atoms with E-state index in [1.807, 2.05) is 0 Å². The first-order chi connectivity index (χ1) is 7.71. The highest BCUT2D eigenvalue weighted by molar-refractivity contribution is 5.86. The monoisotopic (exact) mass is 244 g/mol. The van der Waals surface area contributed by atoms with Crippen molar-refractivity contribution in [2.45, 2.75) is 32.4 Å². The van der Waals surface area contributed by atoms with Crippen molar-refractivity contribution in [2.75, 3.05) is 14.2 Å². The molecule has 1 atom stereocenters. The van der Waals surface area contributed by atoms with Crippen LogP contribution in [-0.2, 0) is 14.4 Å². The van der Waals surface area contributed by atoms with E-state index in [1.165, 1.54) is 20.2 Å². The smallest absolute Gasteiger partial charge is 0.408 e. The van der Waals surface area contributed by atoms with Crippen molar-refractivity contribution in [1.82, 2.24) is 10.4 Å². The summed E-state index contributed by atoms with van der Waals surface area (Å²) in [5.41, 5.74) is -0.619. The van der Waals surface area contributed by atoms with Gasteiger partial charge in [-0.2, -0.15) is 0 Å². The maximum absolute atomic E-state index is 11.7. The molecule has 0 spiro atoms. The number of likely N-dealkylation sites (N-methyl/N-ethyl adjacent to an activating group) is 1. The van der Waals surface area contributed by atoms with Crippen LogP contribution in [0.15, 0.2) is 12.7 Å². The van der Waals surface area contributed by atoms with E-state index in [0.29, 0.717) is 0 Å². The Hall–Kier alpha value is -1.56. The predicted octanol–water partition coefficient (Wildman–Crippen LogP) is 1.09. The summed E-state index contributed by atoms with van der Waals surface area (Å²) in [6, 6.07) is -0.880. The fraction of sp³-hybridized carbons (Fsp3) is 0.636. The Balaban J connectivity index is 4.46. The van der Waals surface area contributed by atoms with Crippen LogP contribution in [0.4, 0.5) is 4.79 Å². The summed E-state index contributed by atoms with van der Waals surface area (Å²) in [7, 11) is 2.79. The van der Waals surface area contributed by atoms with E-state index in [2.05, 4.69) is 11.9 Å². The van der Waals surface area contributed by atoms with Crippen molar-refractivity contribution >= 4 is 12.0 Å². The lowest BCUT2D eigenvalue weighted by Gasteiger charge is -2.23. The van der Waals surface area contributed by atoms with Gasteiger partial charge in [0, 0.05) is 7.05 Å². The van der Waals surface area contributed by atoms with Crippen molar-refractivity contribution < 1.29 is 19.2 Å². The van der Waals surface area contributed by atoms with Gasteiger partial charge in [-0.15, -0.1) is 6.58 Å². The summed E-state index contributed by atoms with van der Waals surface area (Å²) in [4.78, 5) is 27.8. The number of hydrogen-bond donors (Lipinski definition) is 1. The first-order valence-electron chi connectivity index (χ1n) is 5.15. The Morgan fingerprint density at radius 2 is 1.94 bits per heavy atom. The summed E-state index contributed by atoms with van der Waals surface area (Å²) < 4.78 is 5.02. The number of carbonyl (C=O) groups excluding carboxylic acids is 2. The lowest BCUT2D eigenvalue weighted by Crippen LogP contribution is -2.47. The number of amides is 2. The van der Waals surface area contributed by atoms with Crippen molar-refractivity contribution in [2.24, 2.45) is 0 Å². The second-order valence-electron chi connectivity index (χ2n) is 4.38. The third-order valence-corrected chi connectivity index (χ3v) is 1.76. The normalized spacial score (nSPS) is 12.5. The average Bonchev–Trinajstić information content (AvgIpc) is 2.21. The number of hydroxylamine groups is 2. The zero-order chi connectivity index (χ0) is 13.6. The molecule has 0 aromatic carbocycles. The molecule has 1 N–H and O–H groups in total. The van der Waals surface area contributed by atoms with Crippen molar-refractivity contribution in [3.05, 3.63) is 12.7 Å². The molecule has 0 saturated heterocycles. The van der Waals surface area contributed by atoms with Crippen LogP contribution in [0.2, 0.25) is 0 Å². The maximum atomic E-state index is 11.7. The van der Waals surface area contributed by atoms with Gasteiger partial charge in [-0.25, -0.2) is 9.86 Å². The molecule has 0 aliphatic rings. The largest absolute Gasteiger partial charge is 0.444 e. The molecular formula is C11H20N2O4. The Morgan fingerprint density at radius 3 is 2.29 bits per heavy atom. The third kappa shape index (κ3) is 5.91. The molecule has 0 aromatic rings. The van der Waals surface area contributed by atoms with Gasteiger partial charge in [0.2, 0.25) is 0 Å². The van der Waals surface area contributed by atoms with E-state index < -0.39 is 23.6 Å². The van der Waals surface area contributed by atoms with E-state index in [-0.39, 0.29) is 0 Å². The number of nitrogens with zero attached hydrogens (tertiary/aromatic N) is 1. The van der Waals surface area contributed by atoms with Crippen molar-refractivity contribution in [3.63, 3.8) is 0 Å². The zero-order valence-corrected chi connectivity index (χ0v) is 10.9. The molecule has 17 heavy (non-hydrogen) atoms. The number of hydrogen-bond acceptors (Lipinski definition) is 4. The molecule has 0 heterocycles. The highest BCUT2D eigenvalue weighted by Gasteiger charge is 2.24. The van der Waals surface area contributed by atoms with Gasteiger partial charge in [-0.05, 0) is 20.8 Å². The van der Waals surface area contributed by atoms with Crippen LogP contribution < -0.4 is 5.32 Å². The summed E-state index contributed by atoms with van der Waals surface area (Å²) in [6.45, 7) is 8.68. The van der Waals surface area contributed by atoms with E-state index in [1.54, 1.807) is 20.8 Å². The van der Waals surface area contributed by atoms with E-state index in [0.717, 1.165) is 5.06 Å². The van der Waals surface area contributed by atoms with Crippen LogP contribution in [-0.4, -0.2) is 42.9 Å². The Bertz CT molecular complexity index is 296. The number of alkyl carbamates (subject to hydrolysis) is 1. The molecule has 0 fully saturated rings. The van der Waals surface area contributed by atoms with Crippen LogP contribution in [0.25, 0.3) is 0 Å². The lowest BCUT2D eigenvalue weighted by molar-refractivity contribution is -0.169. The van der Waals surface area contributed by atoms with Gasteiger partial charge in [0.1, 0.15) is 11.6 Å². The van der Waals surface area contributed by atoms with Gasteiger partial charge in [0.05, 0.1) is 7.11 Å². The van der Waals surface area contributed by atoms with Gasteiger partial charge in [-0.3, -0.25) is 9.63 Å². The summed E-state index contributed by atoms with van der Waals surface area (Å²) >= 11 is 0. The molecular weight excluding hydrogens is 224 g/mol. The number of carbonyl (C=O) groups is 2. The van der Waals surface area contributed by atoms with Gasteiger partial charge in [-0.1, -0.05) is 6.08 Å². The minimum Gasteiger partial charge on any atom is -0.444 e. The predicted molar refractivity (Wildman–Crippen MR) is 63.1 cm³/mol. The summed E-state index contributed by atoms with van der Waals surface area (Å²) in [5, 5.41) is 3.39. The highest BCUT2D eigenvalue weighted by Crippen LogP contribution is 2.07. The standard InChI is InChI=1S/C11H20N2O4/c1-7-8(9(14)13(5)16-6)12-10(15)17-11(2,3)4/h7-8H,1H2,2-6H3,(H,12,15)/t8-/m0/s1. The molecule has 0 unspecified atom stereocenters. The minimum atomic E-state index is -0.880. The molecule has 0 aliphatic carbocycles. The summed E-state index contributed by atoms with van der Waals surface area (Å²) in [5.74, 6) is -0.437. The minimum absolute atomic E-state index is 0.437. The van der Waals surface area contributed by atoms with E-state index >= 15 is 0 Å². The molecule has 6 nitrogen and oxygen atoms in total. The van der Waals surface area contributed by atoms with Crippen LogP contribution >= 0.6 is 0 Å². The topological polar surface area (TPSA) is 67.9 Å². The first kappa shape index (κ1) is 15.4. The molecule has 6 heteroatoms. The Kier molecular flexibility index (Phi) is 5.67. The molecule has 0 aliphatic heterocycles. The highest BCUT2D eigenvalue weighted by atomic mass is 16.7. The number of rotatable bonds is 4. The summed E-state index contributed by atoms with van der Waals surface area (Å²) in [6.07, 6.45) is 0.627. The molecule has 0 saturated carbocycles. The van der Waals surface area contributed by atoms with Crippen LogP contribution in [0.5, 0.6) is 0 Å². The second kappa shape index (κ2) is 6.24. The average molecular weight is 244 g/mol. The van der Waals surface area contributed by atoms with Crippen LogP contribution in [0, 0.1) is 0 Å². The molecule has 0 rings (SSSR count). The number of ether oxygens (including phenoxy) is 1. The van der Waals surface area contributed by atoms with E-state index in [4.69, 9.17) is 9.57 Å². The van der Waals surface area contributed by atoms with Crippen LogP contribution in [0.3, 0.4) is 0 Å². The zero-order valence-electron chi connectivity index (χ0n) is 10.9. The SMILES string of the molecule is C=C[C@H](NC(=O)OC(C)(C)C)C(=O)N(C)OC. The van der Waals surface area contributed by atoms with E-state index in [9.17, 15) is 9.59 Å². The van der Waals surface area contributed by atoms with Gasteiger partial charge in [0.25, 0.3) is 5.91 Å². The Morgan fingerprint density at radius 1 is 1.41 bits per heavy atom. The molecule has 98 valence electrons. The second-order valence-corrected chi connectivity index (χ2v) is 4.38. The van der Waals surface area contributed by atoms with Gasteiger partial charge >= 0.3 is 6.09 Å². The van der Waals surface area contributed by atoms with Gasteiger partial charge < -0.3 is 10.1 Å². The number of nitrogens with one attached hydrogen (secondary N) is 1. The van der Waals surface area contributed by atoms with Crippen LogP contribution in [0.1, 0.15) is 20.8 Å².